The van der Waals surface area contributed by atoms with Crippen LogP contribution < -0.4 is 9.64 Å². The van der Waals surface area contributed by atoms with Gasteiger partial charge in [0.05, 0.1) is 5.02 Å². The zero-order valence-electron chi connectivity index (χ0n) is 16.6. The highest BCUT2D eigenvalue weighted by Gasteiger charge is 2.23. The van der Waals surface area contributed by atoms with Crippen LogP contribution in [0.2, 0.25) is 5.02 Å². The van der Waals surface area contributed by atoms with Gasteiger partial charge in [0.2, 0.25) is 0 Å². The molecule has 0 bridgehead atoms. The standard InChI is InChI=1S/C20H19ClFN5O3S/c1-12(28)29-11-19-25-26-20(31-19)16-4-5-18(24-23-16)27-8-6-14(7-9-27)30-17-10-13(22)2-3-15(17)21/h2-5,10,14H,6-9,11H2,1H3. The predicted molar refractivity (Wildman–Crippen MR) is 114 cm³/mol. The van der Waals surface area contributed by atoms with E-state index in [-0.39, 0.29) is 24.5 Å². The van der Waals surface area contributed by atoms with Crippen LogP contribution in [0.15, 0.2) is 30.3 Å². The molecule has 1 aliphatic heterocycles. The summed E-state index contributed by atoms with van der Waals surface area (Å²) >= 11 is 7.39. The highest BCUT2D eigenvalue weighted by atomic mass is 35.5. The van der Waals surface area contributed by atoms with Gasteiger partial charge in [-0.2, -0.15) is 0 Å². The minimum absolute atomic E-state index is 0.0418. The fourth-order valence-electron chi connectivity index (χ4n) is 3.14. The van der Waals surface area contributed by atoms with Crippen LogP contribution in [0, 0.1) is 5.82 Å². The largest absolute Gasteiger partial charge is 0.489 e. The lowest BCUT2D eigenvalue weighted by Crippen LogP contribution is -2.38. The topological polar surface area (TPSA) is 90.3 Å². The number of hydrogen-bond donors (Lipinski definition) is 0. The number of anilines is 1. The highest BCUT2D eigenvalue weighted by molar-refractivity contribution is 7.14. The maximum atomic E-state index is 13.4. The summed E-state index contributed by atoms with van der Waals surface area (Å²) in [6.45, 7) is 2.90. The number of ether oxygens (including phenoxy) is 2. The summed E-state index contributed by atoms with van der Waals surface area (Å²) in [5, 5.41) is 18.3. The van der Waals surface area contributed by atoms with E-state index in [9.17, 15) is 9.18 Å². The van der Waals surface area contributed by atoms with E-state index < -0.39 is 0 Å². The van der Waals surface area contributed by atoms with E-state index in [4.69, 9.17) is 21.1 Å². The molecule has 3 aromatic rings. The summed E-state index contributed by atoms with van der Waals surface area (Å²) in [5.41, 5.74) is 0.606. The molecule has 0 saturated carbocycles. The molecule has 8 nitrogen and oxygen atoms in total. The molecule has 0 unspecified atom stereocenters. The number of rotatable bonds is 6. The first-order valence-electron chi connectivity index (χ1n) is 9.64. The van der Waals surface area contributed by atoms with Crippen molar-refractivity contribution in [2.24, 2.45) is 0 Å². The lowest BCUT2D eigenvalue weighted by molar-refractivity contribution is -0.142. The second-order valence-electron chi connectivity index (χ2n) is 6.94. The van der Waals surface area contributed by atoms with Gasteiger partial charge < -0.3 is 14.4 Å². The van der Waals surface area contributed by atoms with Crippen molar-refractivity contribution >= 4 is 34.7 Å². The first-order valence-corrected chi connectivity index (χ1v) is 10.8. The fourth-order valence-corrected chi connectivity index (χ4v) is 4.02. The van der Waals surface area contributed by atoms with Crippen LogP contribution in [0.5, 0.6) is 5.75 Å². The van der Waals surface area contributed by atoms with Gasteiger partial charge >= 0.3 is 5.97 Å². The smallest absolute Gasteiger partial charge is 0.303 e. The number of carbonyl (C=O) groups is 1. The van der Waals surface area contributed by atoms with Gasteiger partial charge in [0.15, 0.2) is 15.8 Å². The Morgan fingerprint density at radius 2 is 2.00 bits per heavy atom. The molecule has 31 heavy (non-hydrogen) atoms. The number of carbonyl (C=O) groups excluding carboxylic acids is 1. The van der Waals surface area contributed by atoms with Crippen molar-refractivity contribution in [3.05, 3.63) is 46.2 Å². The number of halogens is 2. The van der Waals surface area contributed by atoms with Crippen LogP contribution in [0.25, 0.3) is 10.7 Å². The molecule has 3 heterocycles. The average Bonchev–Trinajstić information content (AvgIpc) is 3.25. The second kappa shape index (κ2) is 9.52. The molecule has 11 heteroatoms. The Balaban J connectivity index is 1.33. The molecule has 0 spiro atoms. The molecule has 1 aliphatic rings. The number of benzene rings is 1. The molecule has 0 atom stereocenters. The average molecular weight is 464 g/mol. The van der Waals surface area contributed by atoms with Gasteiger partial charge in [-0.25, -0.2) is 4.39 Å². The maximum absolute atomic E-state index is 13.4. The van der Waals surface area contributed by atoms with E-state index in [0.29, 0.717) is 26.5 Å². The highest BCUT2D eigenvalue weighted by Crippen LogP contribution is 2.29. The van der Waals surface area contributed by atoms with Gasteiger partial charge in [-0.1, -0.05) is 22.9 Å². The molecule has 0 radical (unpaired) electrons. The van der Waals surface area contributed by atoms with Crippen LogP contribution in [0.4, 0.5) is 10.2 Å². The Kier molecular flexibility index (Phi) is 6.57. The first kappa shape index (κ1) is 21.4. The van der Waals surface area contributed by atoms with Crippen LogP contribution in [0.3, 0.4) is 0 Å². The van der Waals surface area contributed by atoms with E-state index in [1.54, 1.807) is 0 Å². The summed E-state index contributed by atoms with van der Waals surface area (Å²) in [5.74, 6) is 0.389. The number of aromatic nitrogens is 4. The van der Waals surface area contributed by atoms with Gasteiger partial charge in [0.1, 0.15) is 30.0 Å². The van der Waals surface area contributed by atoms with Gasteiger partial charge in [0.25, 0.3) is 0 Å². The predicted octanol–water partition coefficient (Wildman–Crippen LogP) is 3.90. The summed E-state index contributed by atoms with van der Waals surface area (Å²) < 4.78 is 24.2. The van der Waals surface area contributed by atoms with Crippen LogP contribution in [-0.4, -0.2) is 45.6 Å². The number of nitrogens with zero attached hydrogens (tertiary/aromatic N) is 5. The van der Waals surface area contributed by atoms with Crippen molar-refractivity contribution < 1.29 is 18.7 Å². The Morgan fingerprint density at radius 3 is 2.71 bits per heavy atom. The Morgan fingerprint density at radius 1 is 1.19 bits per heavy atom. The molecule has 0 aliphatic carbocycles. The zero-order valence-corrected chi connectivity index (χ0v) is 18.2. The van der Waals surface area contributed by atoms with Crippen LogP contribution in [-0.2, 0) is 16.1 Å². The third kappa shape index (κ3) is 5.45. The van der Waals surface area contributed by atoms with Gasteiger partial charge in [0, 0.05) is 38.9 Å². The monoisotopic (exact) mass is 463 g/mol. The van der Waals surface area contributed by atoms with Gasteiger partial charge in [-0.15, -0.1) is 20.4 Å². The summed E-state index contributed by atoms with van der Waals surface area (Å²) in [7, 11) is 0. The van der Waals surface area contributed by atoms with Crippen molar-refractivity contribution in [2.75, 3.05) is 18.0 Å². The summed E-state index contributed by atoms with van der Waals surface area (Å²) in [6.07, 6.45) is 1.47. The molecule has 0 amide bonds. The molecule has 2 aromatic heterocycles. The quantitative estimate of drug-likeness (QED) is 0.508. The minimum atomic E-state index is -0.374. The van der Waals surface area contributed by atoms with E-state index in [1.165, 1.54) is 36.5 Å². The molecule has 1 saturated heterocycles. The molecular weight excluding hydrogens is 445 g/mol. The normalized spacial score (nSPS) is 14.5. The van der Waals surface area contributed by atoms with E-state index in [2.05, 4.69) is 25.3 Å². The molecule has 4 rings (SSSR count). The number of hydrogen-bond acceptors (Lipinski definition) is 9. The SMILES string of the molecule is CC(=O)OCc1nnc(-c2ccc(N3CCC(Oc4cc(F)ccc4Cl)CC3)nn2)s1. The summed E-state index contributed by atoms with van der Waals surface area (Å²) in [4.78, 5) is 13.0. The number of piperidine rings is 1. The van der Waals surface area contributed by atoms with E-state index >= 15 is 0 Å². The van der Waals surface area contributed by atoms with Crippen molar-refractivity contribution in [3.8, 4) is 16.5 Å². The summed E-state index contributed by atoms with van der Waals surface area (Å²) in [6, 6.07) is 7.84. The zero-order chi connectivity index (χ0) is 21.8. The lowest BCUT2D eigenvalue weighted by Gasteiger charge is -2.32. The first-order chi connectivity index (χ1) is 15.0. The van der Waals surface area contributed by atoms with Gasteiger partial charge in [-0.05, 0) is 24.3 Å². The third-order valence-corrected chi connectivity index (χ3v) is 5.92. The second-order valence-corrected chi connectivity index (χ2v) is 8.41. The Hall–Kier alpha value is -2.85. The molecular formula is C20H19ClFN5O3S. The minimum Gasteiger partial charge on any atom is -0.489 e. The number of esters is 1. The molecule has 1 fully saturated rings. The van der Waals surface area contributed by atoms with Crippen molar-refractivity contribution in [1.82, 2.24) is 20.4 Å². The van der Waals surface area contributed by atoms with Crippen molar-refractivity contribution in [2.45, 2.75) is 32.5 Å². The van der Waals surface area contributed by atoms with E-state index in [1.807, 2.05) is 12.1 Å². The van der Waals surface area contributed by atoms with Crippen LogP contribution >= 0.6 is 22.9 Å². The molecule has 1 aromatic carbocycles. The molecule has 0 N–H and O–H groups in total. The lowest BCUT2D eigenvalue weighted by atomic mass is 10.1. The van der Waals surface area contributed by atoms with Crippen LogP contribution in [0.1, 0.15) is 24.8 Å². The van der Waals surface area contributed by atoms with Crippen molar-refractivity contribution in [1.29, 1.82) is 0 Å². The molecule has 162 valence electrons. The Labute approximate surface area is 187 Å². The third-order valence-electron chi connectivity index (χ3n) is 4.69. The maximum Gasteiger partial charge on any atom is 0.303 e. The van der Waals surface area contributed by atoms with E-state index in [0.717, 1.165) is 31.7 Å². The van der Waals surface area contributed by atoms with Gasteiger partial charge in [-0.3, -0.25) is 4.79 Å². The van der Waals surface area contributed by atoms with Crippen molar-refractivity contribution in [3.63, 3.8) is 0 Å². The fraction of sp³-hybridized carbons (Fsp3) is 0.350. The Bertz CT molecular complexity index is 1060.